The zero-order chi connectivity index (χ0) is 24.8. The predicted octanol–water partition coefficient (Wildman–Crippen LogP) is 4.04. The lowest BCUT2D eigenvalue weighted by molar-refractivity contribution is -0.385. The van der Waals surface area contributed by atoms with Crippen LogP contribution in [-0.4, -0.2) is 37.3 Å². The molecule has 0 aliphatic rings. The molecule has 178 valence electrons. The molecule has 11 heteroatoms. The molecule has 3 aromatic rings. The molecule has 1 heterocycles. The molecule has 0 saturated carbocycles. The van der Waals surface area contributed by atoms with E-state index in [1.54, 1.807) is 31.2 Å². The summed E-state index contributed by atoms with van der Waals surface area (Å²) in [4.78, 5) is 35.6. The SMILES string of the molecule is CCn1c(SCC(=O)Nc2ccc(C)c([N+](=O)[O-])c2)nnc1[C@H](C)NC(=O)c1ccc(C)cc1. The van der Waals surface area contributed by atoms with Crippen molar-refractivity contribution < 1.29 is 14.5 Å². The molecule has 0 fully saturated rings. The van der Waals surface area contributed by atoms with E-state index in [0.29, 0.717) is 34.3 Å². The van der Waals surface area contributed by atoms with E-state index in [0.717, 1.165) is 5.56 Å². The predicted molar refractivity (Wildman–Crippen MR) is 130 cm³/mol. The van der Waals surface area contributed by atoms with Crippen LogP contribution in [-0.2, 0) is 11.3 Å². The van der Waals surface area contributed by atoms with Gasteiger partial charge >= 0.3 is 0 Å². The van der Waals surface area contributed by atoms with E-state index >= 15 is 0 Å². The quantitative estimate of drug-likeness (QED) is 0.267. The fourth-order valence-corrected chi connectivity index (χ4v) is 4.09. The summed E-state index contributed by atoms with van der Waals surface area (Å²) in [6.45, 7) is 7.91. The van der Waals surface area contributed by atoms with Crippen LogP contribution in [0.4, 0.5) is 11.4 Å². The highest BCUT2D eigenvalue weighted by atomic mass is 32.2. The fourth-order valence-electron chi connectivity index (χ4n) is 3.28. The van der Waals surface area contributed by atoms with Crippen molar-refractivity contribution in [1.82, 2.24) is 20.1 Å². The number of thioether (sulfide) groups is 1. The summed E-state index contributed by atoms with van der Waals surface area (Å²) in [6, 6.07) is 11.4. The molecular weight excluding hydrogens is 456 g/mol. The summed E-state index contributed by atoms with van der Waals surface area (Å²) in [5.74, 6) is 0.0965. The number of nitrogens with zero attached hydrogens (tertiary/aromatic N) is 4. The van der Waals surface area contributed by atoms with E-state index in [4.69, 9.17) is 0 Å². The molecule has 2 aromatic carbocycles. The maximum Gasteiger partial charge on any atom is 0.274 e. The number of carbonyl (C=O) groups is 2. The van der Waals surface area contributed by atoms with Gasteiger partial charge in [0, 0.05) is 29.4 Å². The van der Waals surface area contributed by atoms with Gasteiger partial charge in [-0.3, -0.25) is 19.7 Å². The largest absolute Gasteiger partial charge is 0.342 e. The smallest absolute Gasteiger partial charge is 0.274 e. The number of anilines is 1. The lowest BCUT2D eigenvalue weighted by Gasteiger charge is -2.15. The molecule has 2 N–H and O–H groups in total. The van der Waals surface area contributed by atoms with Gasteiger partial charge in [-0.1, -0.05) is 35.5 Å². The highest BCUT2D eigenvalue weighted by Gasteiger charge is 2.20. The second-order valence-electron chi connectivity index (χ2n) is 7.74. The minimum absolute atomic E-state index is 0.0455. The standard InChI is InChI=1S/C23H26N6O4S/c1-5-28-21(16(4)24-22(31)17-9-6-14(2)7-10-17)26-27-23(28)34-13-20(30)25-18-11-8-15(3)19(12-18)29(32)33/h6-12,16H,5,13H2,1-4H3,(H,24,31)(H,25,30)/t16-/m0/s1. The average molecular weight is 483 g/mol. The number of rotatable bonds is 9. The highest BCUT2D eigenvalue weighted by Crippen LogP contribution is 2.24. The number of amides is 2. The van der Waals surface area contributed by atoms with Crippen LogP contribution in [0.1, 0.15) is 47.2 Å². The van der Waals surface area contributed by atoms with Crippen LogP contribution in [0.15, 0.2) is 47.6 Å². The first-order valence-corrected chi connectivity index (χ1v) is 11.7. The molecule has 34 heavy (non-hydrogen) atoms. The number of hydrogen-bond acceptors (Lipinski definition) is 7. The van der Waals surface area contributed by atoms with Gasteiger partial charge in [-0.2, -0.15) is 0 Å². The molecule has 1 aromatic heterocycles. The number of nitrogens with one attached hydrogen (secondary N) is 2. The summed E-state index contributed by atoms with van der Waals surface area (Å²) in [6.07, 6.45) is 0. The first kappa shape index (κ1) is 24.9. The van der Waals surface area contributed by atoms with Crippen molar-refractivity contribution in [2.75, 3.05) is 11.1 Å². The van der Waals surface area contributed by atoms with Gasteiger partial charge < -0.3 is 15.2 Å². The van der Waals surface area contributed by atoms with Crippen molar-refractivity contribution in [1.29, 1.82) is 0 Å². The maximum absolute atomic E-state index is 12.6. The number of nitro groups is 1. The highest BCUT2D eigenvalue weighted by molar-refractivity contribution is 7.99. The third kappa shape index (κ3) is 5.98. The van der Waals surface area contributed by atoms with E-state index in [-0.39, 0.29) is 23.3 Å². The topological polar surface area (TPSA) is 132 Å². The number of aryl methyl sites for hydroxylation is 2. The lowest BCUT2D eigenvalue weighted by Crippen LogP contribution is -2.28. The molecule has 0 aliphatic carbocycles. The van der Waals surface area contributed by atoms with Crippen LogP contribution < -0.4 is 10.6 Å². The van der Waals surface area contributed by atoms with Crippen LogP contribution in [0.2, 0.25) is 0 Å². The number of hydrogen-bond donors (Lipinski definition) is 2. The monoisotopic (exact) mass is 482 g/mol. The van der Waals surface area contributed by atoms with Gasteiger partial charge in [0.15, 0.2) is 11.0 Å². The summed E-state index contributed by atoms with van der Waals surface area (Å²) in [5, 5.41) is 25.7. The molecule has 0 unspecified atom stereocenters. The first-order valence-electron chi connectivity index (χ1n) is 10.7. The number of carbonyl (C=O) groups excluding carboxylic acids is 2. The van der Waals surface area contributed by atoms with E-state index in [2.05, 4.69) is 20.8 Å². The van der Waals surface area contributed by atoms with Crippen molar-refractivity contribution in [3.63, 3.8) is 0 Å². The normalized spacial score (nSPS) is 11.6. The van der Waals surface area contributed by atoms with Gasteiger partial charge in [0.2, 0.25) is 5.91 Å². The summed E-state index contributed by atoms with van der Waals surface area (Å²) in [5.41, 5.74) is 2.45. The molecular formula is C23H26N6O4S. The minimum atomic E-state index is -0.482. The zero-order valence-electron chi connectivity index (χ0n) is 19.4. The molecule has 10 nitrogen and oxygen atoms in total. The second-order valence-corrected chi connectivity index (χ2v) is 8.68. The lowest BCUT2D eigenvalue weighted by atomic mass is 10.1. The van der Waals surface area contributed by atoms with Gasteiger partial charge in [0.25, 0.3) is 11.6 Å². The molecule has 0 aliphatic heterocycles. The molecule has 0 radical (unpaired) electrons. The van der Waals surface area contributed by atoms with Crippen molar-refractivity contribution in [2.24, 2.45) is 0 Å². The van der Waals surface area contributed by atoms with Gasteiger partial charge in [-0.25, -0.2) is 0 Å². The van der Waals surface area contributed by atoms with Crippen molar-refractivity contribution in [3.8, 4) is 0 Å². The summed E-state index contributed by atoms with van der Waals surface area (Å²) >= 11 is 1.20. The van der Waals surface area contributed by atoms with Crippen LogP contribution in [0.3, 0.4) is 0 Å². The Bertz CT molecular complexity index is 1210. The number of aromatic nitrogens is 3. The van der Waals surface area contributed by atoms with Crippen LogP contribution in [0.5, 0.6) is 0 Å². The van der Waals surface area contributed by atoms with Crippen LogP contribution >= 0.6 is 11.8 Å². The summed E-state index contributed by atoms with van der Waals surface area (Å²) in [7, 11) is 0. The van der Waals surface area contributed by atoms with Gasteiger partial charge in [0.05, 0.1) is 16.7 Å². The molecule has 0 spiro atoms. The van der Waals surface area contributed by atoms with Crippen LogP contribution in [0, 0.1) is 24.0 Å². The molecule has 0 bridgehead atoms. The Kier molecular flexibility index (Phi) is 8.00. The molecule has 3 rings (SSSR count). The second kappa shape index (κ2) is 10.9. The first-order chi connectivity index (χ1) is 16.2. The minimum Gasteiger partial charge on any atom is -0.342 e. The Balaban J connectivity index is 1.63. The van der Waals surface area contributed by atoms with Gasteiger partial charge in [-0.15, -0.1) is 10.2 Å². The van der Waals surface area contributed by atoms with Crippen molar-refractivity contribution >= 4 is 35.0 Å². The van der Waals surface area contributed by atoms with E-state index in [9.17, 15) is 19.7 Å². The maximum atomic E-state index is 12.6. The van der Waals surface area contributed by atoms with Crippen molar-refractivity contribution in [2.45, 2.75) is 45.4 Å². The Hall–Kier alpha value is -3.73. The Morgan fingerprint density at radius 3 is 2.50 bits per heavy atom. The van der Waals surface area contributed by atoms with Crippen molar-refractivity contribution in [3.05, 3.63) is 75.1 Å². The van der Waals surface area contributed by atoms with E-state index in [1.807, 2.05) is 37.5 Å². The number of nitro benzene ring substituents is 1. The zero-order valence-corrected chi connectivity index (χ0v) is 20.2. The van der Waals surface area contributed by atoms with Gasteiger partial charge in [0.1, 0.15) is 0 Å². The van der Waals surface area contributed by atoms with E-state index in [1.165, 1.54) is 17.8 Å². The molecule has 1 atom stereocenters. The Morgan fingerprint density at radius 1 is 1.15 bits per heavy atom. The Morgan fingerprint density at radius 2 is 1.85 bits per heavy atom. The Labute approximate surface area is 201 Å². The number of benzene rings is 2. The fraction of sp³-hybridized carbons (Fsp3) is 0.304. The van der Waals surface area contributed by atoms with Crippen LogP contribution in [0.25, 0.3) is 0 Å². The third-order valence-electron chi connectivity index (χ3n) is 5.13. The summed E-state index contributed by atoms with van der Waals surface area (Å²) < 4.78 is 1.84. The van der Waals surface area contributed by atoms with E-state index < -0.39 is 11.0 Å². The average Bonchev–Trinajstić information content (AvgIpc) is 3.22. The third-order valence-corrected chi connectivity index (χ3v) is 6.10. The molecule has 2 amide bonds. The van der Waals surface area contributed by atoms with Gasteiger partial charge in [-0.05, 0) is 45.9 Å². The molecule has 0 saturated heterocycles.